The third-order valence-corrected chi connectivity index (χ3v) is 5.77. The first-order valence-corrected chi connectivity index (χ1v) is 10.9. The van der Waals surface area contributed by atoms with Crippen LogP contribution in [0, 0.1) is 5.92 Å². The zero-order valence-corrected chi connectivity index (χ0v) is 18.4. The van der Waals surface area contributed by atoms with Crippen molar-refractivity contribution in [3.63, 3.8) is 0 Å². The lowest BCUT2D eigenvalue weighted by atomic mass is 10.1. The van der Waals surface area contributed by atoms with Crippen LogP contribution in [-0.2, 0) is 4.79 Å². The lowest BCUT2D eigenvalue weighted by Gasteiger charge is -2.12. The lowest BCUT2D eigenvalue weighted by molar-refractivity contribution is -0.136. The molecule has 0 amide bonds. The molecule has 0 unspecified atom stereocenters. The largest absolute Gasteiger partial charge is 0.493 e. The molecule has 0 spiro atoms. The van der Waals surface area contributed by atoms with Crippen LogP contribution >= 0.6 is 11.3 Å². The molecule has 3 rings (SSSR count). The molecular weight excluding hydrogens is 398 g/mol. The smallest absolute Gasteiger partial charge is 0.303 e. The highest BCUT2D eigenvalue weighted by atomic mass is 32.1. The van der Waals surface area contributed by atoms with Gasteiger partial charge in [0.1, 0.15) is 5.01 Å². The fourth-order valence-corrected chi connectivity index (χ4v) is 4.00. The molecule has 158 valence electrons. The number of carboxylic acid groups (broad SMARTS) is 1. The molecule has 0 saturated heterocycles. The minimum Gasteiger partial charge on any atom is -0.493 e. The van der Waals surface area contributed by atoms with Crippen molar-refractivity contribution in [2.45, 2.75) is 33.1 Å². The van der Waals surface area contributed by atoms with Crippen LogP contribution in [0.2, 0.25) is 0 Å². The van der Waals surface area contributed by atoms with Gasteiger partial charge in [-0.25, -0.2) is 4.98 Å². The number of fused-ring (bicyclic) bond motifs is 1. The summed E-state index contributed by atoms with van der Waals surface area (Å²) in [5, 5.41) is 10.0. The van der Waals surface area contributed by atoms with E-state index in [0.29, 0.717) is 30.4 Å². The van der Waals surface area contributed by atoms with Gasteiger partial charge in [0.05, 0.1) is 23.9 Å². The Kier molecular flexibility index (Phi) is 7.46. The molecule has 1 heterocycles. The molecule has 0 radical (unpaired) electrons. The van der Waals surface area contributed by atoms with Crippen molar-refractivity contribution in [3.8, 4) is 11.5 Å². The number of hydrogen-bond acceptors (Lipinski definition) is 5. The van der Waals surface area contributed by atoms with Crippen molar-refractivity contribution >= 4 is 39.2 Å². The maximum absolute atomic E-state index is 11.2. The fraction of sp³-hybridized carbons (Fsp3) is 0.333. The number of rotatable bonds is 10. The van der Waals surface area contributed by atoms with Gasteiger partial charge in [0.2, 0.25) is 0 Å². The second-order valence-corrected chi connectivity index (χ2v) is 8.52. The first-order valence-electron chi connectivity index (χ1n) is 10.1. The number of para-hydroxylation sites is 1. The first-order chi connectivity index (χ1) is 14.5. The van der Waals surface area contributed by atoms with E-state index in [0.717, 1.165) is 32.8 Å². The second-order valence-electron chi connectivity index (χ2n) is 7.49. The molecule has 0 aliphatic heterocycles. The second kappa shape index (κ2) is 10.3. The molecule has 30 heavy (non-hydrogen) atoms. The van der Waals surface area contributed by atoms with Gasteiger partial charge >= 0.3 is 5.97 Å². The van der Waals surface area contributed by atoms with Crippen molar-refractivity contribution in [2.24, 2.45) is 5.92 Å². The number of carboxylic acids is 1. The Balaban J connectivity index is 1.90. The van der Waals surface area contributed by atoms with Gasteiger partial charge in [-0.1, -0.05) is 32.0 Å². The number of thiazole rings is 1. The summed E-state index contributed by atoms with van der Waals surface area (Å²) in [7, 11) is 1.62. The number of methoxy groups -OCH3 is 1. The molecule has 6 heteroatoms. The minimum absolute atomic E-state index is 0.0509. The van der Waals surface area contributed by atoms with Crippen LogP contribution in [0.5, 0.6) is 11.5 Å². The molecule has 5 nitrogen and oxygen atoms in total. The van der Waals surface area contributed by atoms with Gasteiger partial charge in [-0.2, -0.15) is 0 Å². The molecule has 1 aromatic heterocycles. The maximum atomic E-state index is 11.2. The first kappa shape index (κ1) is 21.8. The number of nitrogens with zero attached hydrogens (tertiary/aromatic N) is 1. The van der Waals surface area contributed by atoms with Crippen molar-refractivity contribution in [1.29, 1.82) is 0 Å². The predicted octanol–water partition coefficient (Wildman–Crippen LogP) is 6.14. The number of aliphatic carboxylic acids is 1. The van der Waals surface area contributed by atoms with Crippen LogP contribution in [0.15, 0.2) is 42.5 Å². The topological polar surface area (TPSA) is 68.7 Å². The van der Waals surface area contributed by atoms with Gasteiger partial charge in [-0.15, -0.1) is 11.3 Å². The monoisotopic (exact) mass is 425 g/mol. The van der Waals surface area contributed by atoms with E-state index >= 15 is 0 Å². The average Bonchev–Trinajstić information content (AvgIpc) is 3.15. The van der Waals surface area contributed by atoms with E-state index in [1.807, 2.05) is 48.5 Å². The summed E-state index contributed by atoms with van der Waals surface area (Å²) in [4.78, 5) is 15.9. The van der Waals surface area contributed by atoms with Gasteiger partial charge in [-0.05, 0) is 60.2 Å². The van der Waals surface area contributed by atoms with E-state index in [9.17, 15) is 9.90 Å². The lowest BCUT2D eigenvalue weighted by Crippen LogP contribution is -2.02. The highest BCUT2D eigenvalue weighted by Crippen LogP contribution is 2.33. The number of aromatic nitrogens is 1. The quantitative estimate of drug-likeness (QED) is 0.423. The van der Waals surface area contributed by atoms with E-state index < -0.39 is 5.97 Å². The molecule has 1 N–H and O–H groups in total. The Morgan fingerprint density at radius 2 is 1.97 bits per heavy atom. The summed E-state index contributed by atoms with van der Waals surface area (Å²) in [5.41, 5.74) is 2.74. The Hall–Kier alpha value is -2.86. The number of benzene rings is 2. The Bertz CT molecular complexity index is 1010. The van der Waals surface area contributed by atoms with E-state index in [2.05, 4.69) is 13.8 Å². The van der Waals surface area contributed by atoms with Crippen LogP contribution in [-0.4, -0.2) is 29.8 Å². The van der Waals surface area contributed by atoms with Gasteiger partial charge in [0.15, 0.2) is 11.5 Å². The van der Waals surface area contributed by atoms with Crippen molar-refractivity contribution in [1.82, 2.24) is 4.98 Å². The normalized spacial score (nSPS) is 11.8. The summed E-state index contributed by atoms with van der Waals surface area (Å²) in [5.74, 6) is 1.12. The van der Waals surface area contributed by atoms with E-state index in [1.165, 1.54) is 0 Å². The SMILES string of the molecule is COc1cc(/C=C(\CCC(=O)O)c2nc3ccccc3s2)ccc1OCCC(C)C. The number of hydrogen-bond donors (Lipinski definition) is 1. The molecule has 0 fully saturated rings. The molecule has 0 bridgehead atoms. The molecular formula is C24H27NO4S. The fourth-order valence-electron chi connectivity index (χ4n) is 2.99. The van der Waals surface area contributed by atoms with Crippen LogP contribution < -0.4 is 9.47 Å². The van der Waals surface area contributed by atoms with E-state index in [1.54, 1.807) is 18.4 Å². The third kappa shape index (κ3) is 5.83. The summed E-state index contributed by atoms with van der Waals surface area (Å²) in [6.45, 7) is 4.96. The average molecular weight is 426 g/mol. The zero-order chi connectivity index (χ0) is 21.5. The molecule has 0 atom stereocenters. The third-order valence-electron chi connectivity index (χ3n) is 4.66. The Morgan fingerprint density at radius 3 is 2.67 bits per heavy atom. The molecule has 0 aliphatic rings. The van der Waals surface area contributed by atoms with E-state index in [-0.39, 0.29) is 6.42 Å². The van der Waals surface area contributed by atoms with Crippen molar-refractivity contribution in [2.75, 3.05) is 13.7 Å². The van der Waals surface area contributed by atoms with Crippen LogP contribution in [0.25, 0.3) is 21.9 Å². The maximum Gasteiger partial charge on any atom is 0.303 e. The van der Waals surface area contributed by atoms with Crippen molar-refractivity contribution < 1.29 is 19.4 Å². The van der Waals surface area contributed by atoms with Gasteiger partial charge < -0.3 is 14.6 Å². The number of allylic oxidation sites excluding steroid dienone is 1. The molecule has 0 aliphatic carbocycles. The standard InChI is InChI=1S/C24H27NO4S/c1-16(2)12-13-29-20-10-8-17(15-21(20)28-3)14-18(9-11-23(26)27)24-25-19-6-4-5-7-22(19)30-24/h4-8,10,14-16H,9,11-13H2,1-3H3,(H,26,27)/b18-14+. The van der Waals surface area contributed by atoms with Gasteiger partial charge in [0.25, 0.3) is 0 Å². The van der Waals surface area contributed by atoms with Gasteiger partial charge in [-0.3, -0.25) is 4.79 Å². The highest BCUT2D eigenvalue weighted by Gasteiger charge is 2.12. The minimum atomic E-state index is -0.825. The number of ether oxygens (including phenoxy) is 2. The summed E-state index contributed by atoms with van der Waals surface area (Å²) in [6.07, 6.45) is 3.42. The highest BCUT2D eigenvalue weighted by molar-refractivity contribution is 7.19. The van der Waals surface area contributed by atoms with Gasteiger partial charge in [0, 0.05) is 6.42 Å². The summed E-state index contributed by atoms with van der Waals surface area (Å²) >= 11 is 1.57. The number of carbonyl (C=O) groups is 1. The zero-order valence-electron chi connectivity index (χ0n) is 17.6. The van der Waals surface area contributed by atoms with Crippen molar-refractivity contribution in [3.05, 3.63) is 53.0 Å². The Morgan fingerprint density at radius 1 is 1.17 bits per heavy atom. The van der Waals surface area contributed by atoms with E-state index in [4.69, 9.17) is 14.5 Å². The summed E-state index contributed by atoms with van der Waals surface area (Å²) in [6, 6.07) is 13.7. The van der Waals surface area contributed by atoms with Crippen LogP contribution in [0.4, 0.5) is 0 Å². The Labute approximate surface area is 181 Å². The van der Waals surface area contributed by atoms with Crippen LogP contribution in [0.1, 0.15) is 43.7 Å². The molecule has 2 aromatic carbocycles. The summed E-state index contributed by atoms with van der Waals surface area (Å²) < 4.78 is 12.5. The van der Waals surface area contributed by atoms with Crippen LogP contribution in [0.3, 0.4) is 0 Å². The molecule has 3 aromatic rings. The molecule has 0 saturated carbocycles. The predicted molar refractivity (Wildman–Crippen MR) is 122 cm³/mol.